The molecule has 0 atom stereocenters. The molecule has 15 heavy (non-hydrogen) atoms. The number of hydrogen-bond acceptors (Lipinski definition) is 5. The fourth-order valence-corrected chi connectivity index (χ4v) is 0.866. The van der Waals surface area contributed by atoms with Crippen LogP contribution in [0.1, 0.15) is 0 Å². The van der Waals surface area contributed by atoms with Crippen LogP contribution in [0.3, 0.4) is 0 Å². The summed E-state index contributed by atoms with van der Waals surface area (Å²) in [6.07, 6.45) is -0.797. The Bertz CT molecular complexity index is 316. The highest BCUT2D eigenvalue weighted by molar-refractivity contribution is 5.67. The van der Waals surface area contributed by atoms with Crippen LogP contribution < -0.4 is 10.2 Å². The van der Waals surface area contributed by atoms with E-state index >= 15 is 0 Å². The summed E-state index contributed by atoms with van der Waals surface area (Å²) in [7, 11) is 1.50. The van der Waals surface area contributed by atoms with Crippen LogP contribution in [-0.2, 0) is 4.74 Å². The Morgan fingerprint density at radius 1 is 1.47 bits per heavy atom. The minimum absolute atomic E-state index is 0.276. The maximum absolute atomic E-state index is 11.1. The van der Waals surface area contributed by atoms with Gasteiger partial charge in [-0.05, 0) is 0 Å². The Morgan fingerprint density at radius 3 is 2.60 bits per heavy atom. The lowest BCUT2D eigenvalue weighted by Crippen LogP contribution is -2.33. The van der Waals surface area contributed by atoms with Crippen LogP contribution in [-0.4, -0.2) is 41.3 Å². The lowest BCUT2D eigenvalue weighted by molar-refractivity contribution is 0.105. The lowest BCUT2D eigenvalue weighted by atomic mass is 10.6. The molecule has 0 aliphatic heterocycles. The quantitative estimate of drug-likeness (QED) is 0.600. The van der Waals surface area contributed by atoms with Crippen molar-refractivity contribution < 1.29 is 24.6 Å². The van der Waals surface area contributed by atoms with Crippen LogP contribution in [0.4, 0.5) is 4.79 Å². The molecule has 3 N–H and O–H groups in total. The van der Waals surface area contributed by atoms with Crippen molar-refractivity contribution in [2.45, 2.75) is 0 Å². The normalized spacial score (nSPS) is 9.93. The Morgan fingerprint density at radius 2 is 2.07 bits per heavy atom. The third-order valence-electron chi connectivity index (χ3n) is 1.55. The topological polar surface area (TPSA) is 93.0 Å². The number of rotatable bonds is 4. The summed E-state index contributed by atoms with van der Waals surface area (Å²) in [5.41, 5.74) is 0. The van der Waals surface area contributed by atoms with Gasteiger partial charge in [0, 0.05) is 25.8 Å². The molecule has 7 nitrogen and oxygen atoms in total. The van der Waals surface area contributed by atoms with Gasteiger partial charge in [0.25, 0.3) is 0 Å². The number of methoxy groups -OCH3 is 1. The summed E-state index contributed by atoms with van der Waals surface area (Å²) in [5.74, 6) is -0.733. The van der Waals surface area contributed by atoms with Gasteiger partial charge in [-0.15, -0.1) is 4.73 Å². The van der Waals surface area contributed by atoms with Crippen molar-refractivity contribution in [1.82, 2.24) is 10.0 Å². The molecule has 0 fully saturated rings. The first kappa shape index (κ1) is 11.2. The van der Waals surface area contributed by atoms with Crippen LogP contribution in [0, 0.1) is 0 Å². The molecule has 84 valence electrons. The second-order valence-corrected chi connectivity index (χ2v) is 2.64. The van der Waals surface area contributed by atoms with Gasteiger partial charge in [0.1, 0.15) is 0 Å². The molecule has 0 unspecified atom stereocenters. The van der Waals surface area contributed by atoms with Crippen LogP contribution in [0.25, 0.3) is 0 Å². The fraction of sp³-hybridized carbons (Fsp3) is 0.375. The maximum Gasteiger partial charge on any atom is 0.432 e. The summed E-state index contributed by atoms with van der Waals surface area (Å²) < 4.78 is 5.30. The summed E-state index contributed by atoms with van der Waals surface area (Å²) in [4.78, 5) is 15.6. The van der Waals surface area contributed by atoms with Gasteiger partial charge < -0.3 is 25.1 Å². The van der Waals surface area contributed by atoms with Crippen molar-refractivity contribution >= 4 is 6.09 Å². The molecule has 0 aliphatic carbocycles. The van der Waals surface area contributed by atoms with Gasteiger partial charge in [0.05, 0.1) is 6.61 Å². The Hall–Kier alpha value is -1.89. The van der Waals surface area contributed by atoms with Crippen molar-refractivity contribution in [2.75, 3.05) is 20.3 Å². The molecule has 0 aliphatic rings. The highest BCUT2D eigenvalue weighted by Crippen LogP contribution is 2.18. The molecule has 0 radical (unpaired) electrons. The number of aromatic nitrogens is 1. The van der Waals surface area contributed by atoms with Crippen LogP contribution >= 0.6 is 0 Å². The third kappa shape index (κ3) is 3.06. The van der Waals surface area contributed by atoms with Crippen molar-refractivity contribution in [1.29, 1.82) is 0 Å². The van der Waals surface area contributed by atoms with Crippen molar-refractivity contribution in [3.63, 3.8) is 0 Å². The average Bonchev–Trinajstić information content (AvgIpc) is 2.50. The van der Waals surface area contributed by atoms with E-state index in [1.54, 1.807) is 0 Å². The predicted octanol–water partition coefficient (Wildman–Crippen LogP) is -0.316. The number of carbonyl (C=O) groups excluding carboxylic acids is 1. The zero-order valence-corrected chi connectivity index (χ0v) is 8.14. The van der Waals surface area contributed by atoms with Crippen molar-refractivity contribution in [2.24, 2.45) is 0 Å². The molecule has 0 spiro atoms. The molecule has 1 aromatic rings. The van der Waals surface area contributed by atoms with Gasteiger partial charge in [0.2, 0.25) is 11.8 Å². The molecule has 7 heteroatoms. The van der Waals surface area contributed by atoms with Crippen molar-refractivity contribution in [3.8, 4) is 11.8 Å². The van der Waals surface area contributed by atoms with Crippen LogP contribution in [0.5, 0.6) is 11.8 Å². The molecule has 1 aromatic heterocycles. The summed E-state index contributed by atoms with van der Waals surface area (Å²) in [6, 6.07) is 2.38. The minimum atomic E-state index is -0.797. The standard InChI is InChI=1S/C8H12N2O5/c1-14-5-4-9-8(13)15-10-6(11)2-3-7(10)12/h2-3,11-12H,4-5H2,1H3,(H,9,13). The Labute approximate surface area is 85.8 Å². The second kappa shape index (κ2) is 5.11. The highest BCUT2D eigenvalue weighted by Gasteiger charge is 2.10. The largest absolute Gasteiger partial charge is 0.492 e. The molecule has 0 saturated heterocycles. The fourth-order valence-electron chi connectivity index (χ4n) is 0.866. The van der Waals surface area contributed by atoms with E-state index in [-0.39, 0.29) is 18.3 Å². The first-order valence-corrected chi connectivity index (χ1v) is 4.20. The van der Waals surface area contributed by atoms with E-state index in [0.29, 0.717) is 11.3 Å². The Kier molecular flexibility index (Phi) is 3.81. The molecule has 0 bridgehead atoms. The van der Waals surface area contributed by atoms with E-state index in [2.05, 4.69) is 10.2 Å². The van der Waals surface area contributed by atoms with Gasteiger partial charge >= 0.3 is 6.09 Å². The third-order valence-corrected chi connectivity index (χ3v) is 1.55. The highest BCUT2D eigenvalue weighted by atomic mass is 16.7. The van der Waals surface area contributed by atoms with Gasteiger partial charge in [-0.25, -0.2) is 4.79 Å². The number of nitrogens with zero attached hydrogens (tertiary/aromatic N) is 1. The summed E-state index contributed by atoms with van der Waals surface area (Å²) >= 11 is 0. The SMILES string of the molecule is COCCNC(=O)On1c(O)ccc1O. The van der Waals surface area contributed by atoms with Gasteiger partial charge in [-0.2, -0.15) is 0 Å². The second-order valence-electron chi connectivity index (χ2n) is 2.64. The smallest absolute Gasteiger partial charge is 0.432 e. The molecule has 1 rings (SSSR count). The zero-order valence-electron chi connectivity index (χ0n) is 8.14. The molecule has 0 aromatic carbocycles. The summed E-state index contributed by atoms with van der Waals surface area (Å²) in [6.45, 7) is 0.622. The maximum atomic E-state index is 11.1. The monoisotopic (exact) mass is 216 g/mol. The number of ether oxygens (including phenoxy) is 1. The molecular weight excluding hydrogens is 204 g/mol. The van der Waals surface area contributed by atoms with E-state index in [4.69, 9.17) is 14.9 Å². The molecule has 1 heterocycles. The zero-order chi connectivity index (χ0) is 11.3. The molecule has 0 saturated carbocycles. The first-order valence-electron chi connectivity index (χ1n) is 4.20. The number of nitrogens with one attached hydrogen (secondary N) is 1. The van der Waals surface area contributed by atoms with E-state index in [1.165, 1.54) is 19.2 Å². The van der Waals surface area contributed by atoms with Gasteiger partial charge in [-0.1, -0.05) is 0 Å². The van der Waals surface area contributed by atoms with E-state index in [1.807, 2.05) is 0 Å². The van der Waals surface area contributed by atoms with Crippen LogP contribution in [0.15, 0.2) is 12.1 Å². The van der Waals surface area contributed by atoms with Gasteiger partial charge in [0.15, 0.2) is 0 Å². The van der Waals surface area contributed by atoms with E-state index in [0.717, 1.165) is 0 Å². The minimum Gasteiger partial charge on any atom is -0.492 e. The number of carbonyl (C=O) groups is 1. The van der Waals surface area contributed by atoms with E-state index in [9.17, 15) is 4.79 Å². The lowest BCUT2D eigenvalue weighted by Gasteiger charge is -2.07. The number of amides is 1. The van der Waals surface area contributed by atoms with Crippen LogP contribution in [0.2, 0.25) is 0 Å². The Balaban J connectivity index is 2.44. The summed E-state index contributed by atoms with van der Waals surface area (Å²) in [5, 5.41) is 20.6. The average molecular weight is 216 g/mol. The number of aromatic hydroxyl groups is 2. The van der Waals surface area contributed by atoms with Crippen molar-refractivity contribution in [3.05, 3.63) is 12.1 Å². The van der Waals surface area contributed by atoms with E-state index < -0.39 is 6.09 Å². The predicted molar refractivity (Wildman–Crippen MR) is 49.6 cm³/mol. The number of hydrogen-bond donors (Lipinski definition) is 3. The first-order chi connectivity index (χ1) is 7.15. The van der Waals surface area contributed by atoms with Gasteiger partial charge in [-0.3, -0.25) is 0 Å². The molecule has 1 amide bonds. The molecular formula is C8H12N2O5.